The van der Waals surface area contributed by atoms with Gasteiger partial charge in [0.2, 0.25) is 0 Å². The fourth-order valence-electron chi connectivity index (χ4n) is 1.27. The molecular weight excluding hydrogens is 258 g/mol. The molecule has 0 saturated carbocycles. The minimum Gasteiger partial charge on any atom is -0.389 e. The van der Waals surface area contributed by atoms with Crippen LogP contribution in [0.25, 0.3) is 0 Å². The van der Waals surface area contributed by atoms with Crippen molar-refractivity contribution in [2.75, 3.05) is 23.9 Å². The summed E-state index contributed by atoms with van der Waals surface area (Å²) in [6.45, 7) is 2.13. The van der Waals surface area contributed by atoms with Crippen LogP contribution in [0.5, 0.6) is 0 Å². The van der Waals surface area contributed by atoms with Crippen molar-refractivity contribution in [1.82, 2.24) is 4.98 Å². The molecule has 94 valence electrons. The largest absolute Gasteiger partial charge is 0.389 e. The molecular formula is C10H15N3O2S2. The standard InChI is InChI=1S/C10H15N3O2S2/c1-7-5-8(10(11)16)6-9(13-7)12-3-4-17(2,14)15/h5-6H,3-4H2,1-2H3,(H2,11,16)(H,12,13). The van der Waals surface area contributed by atoms with Gasteiger partial charge in [0.05, 0.1) is 5.75 Å². The van der Waals surface area contributed by atoms with Crippen molar-refractivity contribution in [1.29, 1.82) is 0 Å². The first-order valence-electron chi connectivity index (χ1n) is 4.98. The summed E-state index contributed by atoms with van der Waals surface area (Å²) >= 11 is 4.88. The maximum atomic E-state index is 11.0. The number of thiocarbonyl (C=S) groups is 1. The summed E-state index contributed by atoms with van der Waals surface area (Å²) in [5.41, 5.74) is 7.02. The van der Waals surface area contributed by atoms with Crippen molar-refractivity contribution in [2.24, 2.45) is 5.73 Å². The van der Waals surface area contributed by atoms with Crippen LogP contribution in [0.15, 0.2) is 12.1 Å². The lowest BCUT2D eigenvalue weighted by atomic mass is 10.2. The Kier molecular flexibility index (Phi) is 4.41. The van der Waals surface area contributed by atoms with E-state index in [-0.39, 0.29) is 5.75 Å². The molecule has 7 heteroatoms. The molecule has 0 unspecified atom stereocenters. The summed E-state index contributed by atoms with van der Waals surface area (Å²) < 4.78 is 21.9. The molecule has 3 N–H and O–H groups in total. The first kappa shape index (κ1) is 13.9. The van der Waals surface area contributed by atoms with E-state index in [4.69, 9.17) is 18.0 Å². The van der Waals surface area contributed by atoms with Crippen LogP contribution in [0.2, 0.25) is 0 Å². The fourth-order valence-corrected chi connectivity index (χ4v) is 1.86. The number of anilines is 1. The Hall–Kier alpha value is -1.21. The van der Waals surface area contributed by atoms with E-state index in [0.717, 1.165) is 5.69 Å². The van der Waals surface area contributed by atoms with Gasteiger partial charge in [0, 0.05) is 24.1 Å². The average molecular weight is 273 g/mol. The van der Waals surface area contributed by atoms with Gasteiger partial charge in [-0.25, -0.2) is 13.4 Å². The molecule has 1 aromatic heterocycles. The lowest BCUT2D eigenvalue weighted by Crippen LogP contribution is -2.16. The maximum Gasteiger partial charge on any atom is 0.149 e. The van der Waals surface area contributed by atoms with E-state index in [1.165, 1.54) is 6.26 Å². The quantitative estimate of drug-likeness (QED) is 0.759. The van der Waals surface area contributed by atoms with Crippen LogP contribution in [-0.2, 0) is 9.84 Å². The second kappa shape index (κ2) is 5.42. The van der Waals surface area contributed by atoms with E-state index in [1.54, 1.807) is 12.1 Å². The Labute approximate surface area is 106 Å². The number of aryl methyl sites for hydroxylation is 1. The third kappa shape index (κ3) is 5.10. The molecule has 0 bridgehead atoms. The highest BCUT2D eigenvalue weighted by molar-refractivity contribution is 7.90. The van der Waals surface area contributed by atoms with Crippen LogP contribution in [0.3, 0.4) is 0 Å². The Morgan fingerprint density at radius 1 is 1.53 bits per heavy atom. The van der Waals surface area contributed by atoms with Crippen molar-refractivity contribution >= 4 is 32.9 Å². The van der Waals surface area contributed by atoms with Gasteiger partial charge >= 0.3 is 0 Å². The molecule has 5 nitrogen and oxygen atoms in total. The number of hydrogen-bond donors (Lipinski definition) is 2. The molecule has 0 fully saturated rings. The van der Waals surface area contributed by atoms with E-state index >= 15 is 0 Å². The van der Waals surface area contributed by atoms with Crippen LogP contribution >= 0.6 is 12.2 Å². The minimum absolute atomic E-state index is 0.0605. The first-order valence-corrected chi connectivity index (χ1v) is 7.45. The molecule has 1 heterocycles. The Morgan fingerprint density at radius 2 is 2.18 bits per heavy atom. The van der Waals surface area contributed by atoms with Gasteiger partial charge in [0.1, 0.15) is 20.6 Å². The van der Waals surface area contributed by atoms with Crippen molar-refractivity contribution < 1.29 is 8.42 Å². The fraction of sp³-hybridized carbons (Fsp3) is 0.400. The number of sulfone groups is 1. The number of aromatic nitrogens is 1. The monoisotopic (exact) mass is 273 g/mol. The molecule has 17 heavy (non-hydrogen) atoms. The molecule has 0 aromatic carbocycles. The SMILES string of the molecule is Cc1cc(C(N)=S)cc(NCCS(C)(=O)=O)n1. The van der Waals surface area contributed by atoms with Gasteiger partial charge in [-0.2, -0.15) is 0 Å². The molecule has 0 aliphatic carbocycles. The van der Waals surface area contributed by atoms with Crippen LogP contribution in [0, 0.1) is 6.92 Å². The molecule has 0 aliphatic heterocycles. The Bertz CT molecular complexity index is 526. The third-order valence-corrected chi connectivity index (χ3v) is 3.20. The lowest BCUT2D eigenvalue weighted by Gasteiger charge is -2.08. The van der Waals surface area contributed by atoms with Gasteiger partial charge in [-0.1, -0.05) is 12.2 Å². The minimum atomic E-state index is -2.97. The van der Waals surface area contributed by atoms with Crippen molar-refractivity contribution in [2.45, 2.75) is 6.92 Å². The van der Waals surface area contributed by atoms with Gasteiger partial charge in [0.15, 0.2) is 0 Å². The van der Waals surface area contributed by atoms with Crippen molar-refractivity contribution in [3.63, 3.8) is 0 Å². The molecule has 0 spiro atoms. The molecule has 0 radical (unpaired) electrons. The summed E-state index contributed by atoms with van der Waals surface area (Å²) in [5.74, 6) is 0.641. The molecule has 0 saturated heterocycles. The first-order chi connectivity index (χ1) is 7.78. The molecule has 0 aliphatic rings. The molecule has 1 aromatic rings. The number of rotatable bonds is 5. The van der Waals surface area contributed by atoms with E-state index < -0.39 is 9.84 Å². The van der Waals surface area contributed by atoms with Gasteiger partial charge in [-0.15, -0.1) is 0 Å². The Balaban J connectivity index is 2.75. The van der Waals surface area contributed by atoms with Crippen molar-refractivity contribution in [3.8, 4) is 0 Å². The van der Waals surface area contributed by atoms with Gasteiger partial charge in [0.25, 0.3) is 0 Å². The number of nitrogens with two attached hydrogens (primary N) is 1. The summed E-state index contributed by atoms with van der Waals surface area (Å²) in [6, 6.07) is 3.49. The highest BCUT2D eigenvalue weighted by atomic mass is 32.2. The number of pyridine rings is 1. The predicted molar refractivity (Wildman–Crippen MR) is 73.1 cm³/mol. The van der Waals surface area contributed by atoms with E-state index in [1.807, 2.05) is 6.92 Å². The number of nitrogens with zero attached hydrogens (tertiary/aromatic N) is 1. The number of nitrogens with one attached hydrogen (secondary N) is 1. The van der Waals surface area contributed by atoms with Gasteiger partial charge in [-0.05, 0) is 19.1 Å². The van der Waals surface area contributed by atoms with Crippen LogP contribution in [0.4, 0.5) is 5.82 Å². The van der Waals surface area contributed by atoms with Gasteiger partial charge < -0.3 is 11.1 Å². The Morgan fingerprint density at radius 3 is 2.71 bits per heavy atom. The highest BCUT2D eigenvalue weighted by Gasteiger charge is 2.04. The average Bonchev–Trinajstić information content (AvgIpc) is 2.14. The van der Waals surface area contributed by atoms with Crippen LogP contribution < -0.4 is 11.1 Å². The predicted octanol–water partition coefficient (Wildman–Crippen LogP) is 0.481. The number of hydrogen-bond acceptors (Lipinski definition) is 5. The second-order valence-electron chi connectivity index (χ2n) is 3.80. The van der Waals surface area contributed by atoms with Crippen molar-refractivity contribution in [3.05, 3.63) is 23.4 Å². The smallest absolute Gasteiger partial charge is 0.149 e. The second-order valence-corrected chi connectivity index (χ2v) is 6.50. The van der Waals surface area contributed by atoms with Crippen LogP contribution in [-0.4, -0.2) is 36.9 Å². The topological polar surface area (TPSA) is 85.1 Å². The highest BCUT2D eigenvalue weighted by Crippen LogP contribution is 2.09. The molecule has 0 atom stereocenters. The van der Waals surface area contributed by atoms with Gasteiger partial charge in [-0.3, -0.25) is 0 Å². The van der Waals surface area contributed by atoms with E-state index in [0.29, 0.717) is 22.9 Å². The summed E-state index contributed by atoms with van der Waals surface area (Å²) in [7, 11) is -2.97. The zero-order valence-electron chi connectivity index (χ0n) is 9.73. The van der Waals surface area contributed by atoms with E-state index in [9.17, 15) is 8.42 Å². The summed E-state index contributed by atoms with van der Waals surface area (Å²) in [4.78, 5) is 4.51. The third-order valence-electron chi connectivity index (χ3n) is 2.02. The lowest BCUT2D eigenvalue weighted by molar-refractivity contribution is 0.602. The summed E-state index contributed by atoms with van der Waals surface area (Å²) in [6.07, 6.45) is 1.19. The molecule has 0 amide bonds. The zero-order chi connectivity index (χ0) is 13.1. The van der Waals surface area contributed by atoms with E-state index in [2.05, 4.69) is 10.3 Å². The maximum absolute atomic E-state index is 11.0. The zero-order valence-corrected chi connectivity index (χ0v) is 11.4. The van der Waals surface area contributed by atoms with Crippen LogP contribution in [0.1, 0.15) is 11.3 Å². The summed E-state index contributed by atoms with van der Waals surface area (Å²) in [5, 5.41) is 2.93. The molecule has 1 rings (SSSR count). The normalized spacial score (nSPS) is 11.2.